The second kappa shape index (κ2) is 14.4. The number of alkyl halides is 2. The summed E-state index contributed by atoms with van der Waals surface area (Å²) < 4.78 is 4.95. The third-order valence-corrected chi connectivity index (χ3v) is 5.52. The van der Waals surface area contributed by atoms with Gasteiger partial charge in [0.25, 0.3) is 0 Å². The first-order valence-corrected chi connectivity index (χ1v) is 9.93. The Kier molecular flexibility index (Phi) is 14.4. The SMILES string of the molecule is CC=CC(=O)OCCCCCCCCC[SiH2]C(Cl)Cl. The minimum atomic E-state index is -0.240. The second-order valence-corrected chi connectivity index (χ2v) is 9.09. The molecule has 0 aromatic rings. The van der Waals surface area contributed by atoms with E-state index in [2.05, 4.69) is 0 Å². The Labute approximate surface area is 129 Å². The highest BCUT2D eigenvalue weighted by Crippen LogP contribution is 2.10. The van der Waals surface area contributed by atoms with Crippen LogP contribution in [-0.4, -0.2) is 26.6 Å². The van der Waals surface area contributed by atoms with E-state index in [-0.39, 0.29) is 19.9 Å². The Morgan fingerprint density at radius 3 is 2.26 bits per heavy atom. The molecule has 0 radical (unpaired) electrons. The number of esters is 1. The summed E-state index contributed by atoms with van der Waals surface area (Å²) in [5.74, 6) is -0.233. The normalized spacial score (nSPS) is 12.0. The van der Waals surface area contributed by atoms with E-state index >= 15 is 0 Å². The van der Waals surface area contributed by atoms with Crippen molar-refractivity contribution >= 4 is 38.7 Å². The van der Waals surface area contributed by atoms with Crippen LogP contribution in [0.5, 0.6) is 0 Å². The fourth-order valence-corrected chi connectivity index (χ4v) is 3.69. The van der Waals surface area contributed by atoms with Gasteiger partial charge in [-0.25, -0.2) is 4.79 Å². The van der Waals surface area contributed by atoms with Gasteiger partial charge in [-0.2, -0.15) is 0 Å². The van der Waals surface area contributed by atoms with Crippen molar-refractivity contribution < 1.29 is 9.53 Å². The van der Waals surface area contributed by atoms with Crippen molar-refractivity contribution in [3.63, 3.8) is 0 Å². The molecule has 5 heteroatoms. The van der Waals surface area contributed by atoms with Crippen LogP contribution in [0.1, 0.15) is 51.9 Å². The van der Waals surface area contributed by atoms with Gasteiger partial charge in [0.1, 0.15) is 0 Å². The molecule has 0 aliphatic heterocycles. The van der Waals surface area contributed by atoms with Crippen molar-refractivity contribution in [1.29, 1.82) is 0 Å². The lowest BCUT2D eigenvalue weighted by Crippen LogP contribution is -2.02. The average molecular weight is 325 g/mol. The molecule has 0 unspecified atom stereocenters. The standard InChI is InChI=1S/C14H26Cl2O2Si/c1-2-10-13(17)18-11-8-6-4-3-5-7-9-12-19-14(15)16/h2,10,14H,3-9,11-12,19H2,1H3. The summed E-state index contributed by atoms with van der Waals surface area (Å²) in [5, 5.41) is 0. The zero-order valence-electron chi connectivity index (χ0n) is 11.9. The van der Waals surface area contributed by atoms with Crippen LogP contribution in [0.25, 0.3) is 0 Å². The summed E-state index contributed by atoms with van der Waals surface area (Å²) in [5.41, 5.74) is 0. The fraction of sp³-hybridized carbons (Fsp3) is 0.786. The number of carbonyl (C=O) groups is 1. The molecule has 0 saturated carbocycles. The molecule has 2 nitrogen and oxygen atoms in total. The van der Waals surface area contributed by atoms with Crippen molar-refractivity contribution in [2.45, 2.75) is 62.4 Å². The number of hydrogen-bond acceptors (Lipinski definition) is 2. The van der Waals surface area contributed by atoms with Gasteiger partial charge in [0.2, 0.25) is 0 Å². The summed E-state index contributed by atoms with van der Waals surface area (Å²) in [6.45, 7) is 2.35. The van der Waals surface area contributed by atoms with Crippen molar-refractivity contribution in [1.82, 2.24) is 0 Å². The molecule has 19 heavy (non-hydrogen) atoms. The Morgan fingerprint density at radius 2 is 1.68 bits per heavy atom. The third kappa shape index (κ3) is 16.0. The largest absolute Gasteiger partial charge is 0.463 e. The van der Waals surface area contributed by atoms with E-state index in [1.54, 1.807) is 6.08 Å². The highest BCUT2D eigenvalue weighted by atomic mass is 35.5. The van der Waals surface area contributed by atoms with Crippen molar-refractivity contribution in [3.8, 4) is 0 Å². The summed E-state index contributed by atoms with van der Waals surface area (Å²) >= 11 is 11.4. The van der Waals surface area contributed by atoms with Gasteiger partial charge >= 0.3 is 5.97 Å². The molecule has 0 aromatic heterocycles. The lowest BCUT2D eigenvalue weighted by molar-refractivity contribution is -0.137. The molecule has 0 atom stereocenters. The van der Waals surface area contributed by atoms with Crippen LogP contribution in [0.4, 0.5) is 0 Å². The summed E-state index contributed by atoms with van der Waals surface area (Å²) in [4.78, 5) is 11.0. The van der Waals surface area contributed by atoms with Crippen LogP contribution in [-0.2, 0) is 9.53 Å². The van der Waals surface area contributed by atoms with E-state index < -0.39 is 0 Å². The van der Waals surface area contributed by atoms with Gasteiger partial charge in [-0.05, 0) is 13.3 Å². The van der Waals surface area contributed by atoms with Crippen molar-refractivity contribution in [2.75, 3.05) is 6.61 Å². The number of hydrogen-bond donors (Lipinski definition) is 0. The van der Waals surface area contributed by atoms with Crippen LogP contribution in [0, 0.1) is 0 Å². The topological polar surface area (TPSA) is 26.3 Å². The van der Waals surface area contributed by atoms with Crippen LogP contribution in [0.15, 0.2) is 12.2 Å². The molecule has 0 saturated heterocycles. The Balaban J connectivity index is 3.09. The zero-order chi connectivity index (χ0) is 14.3. The van der Waals surface area contributed by atoms with Gasteiger partial charge in [-0.15, -0.1) is 23.2 Å². The average Bonchev–Trinajstić information content (AvgIpc) is 2.36. The van der Waals surface area contributed by atoms with Gasteiger partial charge in [0.15, 0.2) is 0 Å². The molecule has 0 N–H and O–H groups in total. The highest BCUT2D eigenvalue weighted by Gasteiger charge is 1.99. The van der Waals surface area contributed by atoms with Crippen LogP contribution < -0.4 is 0 Å². The Morgan fingerprint density at radius 1 is 1.11 bits per heavy atom. The Bertz CT molecular complexity index is 246. The maximum absolute atomic E-state index is 11.0. The Hall–Kier alpha value is 0.00688. The molecule has 0 rings (SSSR count). The maximum atomic E-state index is 11.0. The fourth-order valence-electron chi connectivity index (χ4n) is 1.82. The van der Waals surface area contributed by atoms with E-state index in [4.69, 9.17) is 27.9 Å². The maximum Gasteiger partial charge on any atom is 0.330 e. The van der Waals surface area contributed by atoms with Crippen molar-refractivity contribution in [2.24, 2.45) is 0 Å². The smallest absolute Gasteiger partial charge is 0.330 e. The summed E-state index contributed by atoms with van der Waals surface area (Å²) in [6, 6.07) is 1.26. The second-order valence-electron chi connectivity index (χ2n) is 4.68. The number of halogens is 2. The predicted molar refractivity (Wildman–Crippen MR) is 86.9 cm³/mol. The third-order valence-electron chi connectivity index (χ3n) is 2.86. The number of allylic oxidation sites excluding steroid dienone is 1. The van der Waals surface area contributed by atoms with Crippen LogP contribution in [0.2, 0.25) is 6.04 Å². The van der Waals surface area contributed by atoms with Gasteiger partial charge in [0.05, 0.1) is 20.6 Å². The van der Waals surface area contributed by atoms with E-state index in [1.165, 1.54) is 44.2 Å². The minimum Gasteiger partial charge on any atom is -0.463 e. The number of ether oxygens (including phenoxy) is 1. The summed E-state index contributed by atoms with van der Waals surface area (Å²) in [7, 11) is -0.240. The van der Waals surface area contributed by atoms with E-state index in [1.807, 2.05) is 6.92 Å². The zero-order valence-corrected chi connectivity index (χ0v) is 14.8. The molecular formula is C14H26Cl2O2Si. The lowest BCUT2D eigenvalue weighted by Gasteiger charge is -2.03. The molecule has 0 amide bonds. The molecule has 0 bridgehead atoms. The van der Waals surface area contributed by atoms with E-state index in [0.717, 1.165) is 12.8 Å². The monoisotopic (exact) mass is 324 g/mol. The molecule has 0 aliphatic carbocycles. The number of rotatable bonds is 12. The first-order valence-electron chi connectivity index (χ1n) is 7.24. The van der Waals surface area contributed by atoms with Gasteiger partial charge in [0, 0.05) is 6.08 Å². The van der Waals surface area contributed by atoms with Gasteiger partial charge in [-0.3, -0.25) is 0 Å². The molecule has 0 aliphatic rings. The molecule has 0 spiro atoms. The molecule has 112 valence electrons. The molecular weight excluding hydrogens is 299 g/mol. The van der Waals surface area contributed by atoms with Crippen LogP contribution >= 0.6 is 23.2 Å². The first-order chi connectivity index (χ1) is 9.16. The number of carbonyl (C=O) groups excluding carboxylic acids is 1. The van der Waals surface area contributed by atoms with Crippen LogP contribution in [0.3, 0.4) is 0 Å². The molecule has 0 heterocycles. The minimum absolute atomic E-state index is 0.0646. The van der Waals surface area contributed by atoms with E-state index in [9.17, 15) is 4.79 Å². The highest BCUT2D eigenvalue weighted by molar-refractivity contribution is 6.68. The quantitative estimate of drug-likeness (QED) is 0.177. The molecule has 0 fully saturated rings. The predicted octanol–water partition coefficient (Wildman–Crippen LogP) is 4.18. The first kappa shape index (κ1) is 19.0. The number of unbranched alkanes of at least 4 members (excludes halogenated alkanes) is 6. The molecule has 0 aromatic carbocycles. The van der Waals surface area contributed by atoms with Crippen molar-refractivity contribution in [3.05, 3.63) is 12.2 Å². The summed E-state index contributed by atoms with van der Waals surface area (Å²) in [6.07, 6.45) is 11.6. The van der Waals surface area contributed by atoms with E-state index in [0.29, 0.717) is 6.61 Å². The van der Waals surface area contributed by atoms with Gasteiger partial charge in [-0.1, -0.05) is 50.6 Å². The lowest BCUT2D eigenvalue weighted by atomic mass is 10.1. The van der Waals surface area contributed by atoms with Gasteiger partial charge < -0.3 is 4.74 Å².